The number of amides is 2. The van der Waals surface area contributed by atoms with E-state index in [9.17, 15) is 14.4 Å². The van der Waals surface area contributed by atoms with Crippen molar-refractivity contribution in [1.82, 2.24) is 15.2 Å². The number of ether oxygens (including phenoxy) is 2. The molecule has 184 valence electrons. The molecule has 2 N–H and O–H groups in total. The van der Waals surface area contributed by atoms with Crippen LogP contribution in [0.2, 0.25) is 0 Å². The van der Waals surface area contributed by atoms with Gasteiger partial charge in [0.25, 0.3) is 0 Å². The number of piperazine rings is 1. The fourth-order valence-electron chi connectivity index (χ4n) is 4.93. The van der Waals surface area contributed by atoms with Crippen molar-refractivity contribution in [2.45, 2.75) is 72.0 Å². The zero-order valence-corrected chi connectivity index (χ0v) is 20.9. The number of hydrogen-bond acceptors (Lipinski definition) is 5. The molecule has 2 aliphatic heterocycles. The summed E-state index contributed by atoms with van der Waals surface area (Å²) in [5, 5.41) is 3.95. The number of fused-ring (bicyclic) bond motifs is 4. The maximum atomic E-state index is 13.6. The van der Waals surface area contributed by atoms with Crippen LogP contribution in [0.3, 0.4) is 0 Å². The van der Waals surface area contributed by atoms with Crippen LogP contribution in [0.15, 0.2) is 18.2 Å². The SMILES string of the molecule is COc1ccc2c3c([nH]c2c1)[C@H](CC(C)C)N1C(=O)[C@H](CCOC(=O)C(C)(C)C)NC(=O)[C@@H]1C3. The third-order valence-corrected chi connectivity index (χ3v) is 6.67. The van der Waals surface area contributed by atoms with Gasteiger partial charge in [-0.15, -0.1) is 0 Å². The Bertz CT molecular complexity index is 1110. The Labute approximate surface area is 200 Å². The summed E-state index contributed by atoms with van der Waals surface area (Å²) in [5.74, 6) is 0.469. The summed E-state index contributed by atoms with van der Waals surface area (Å²) < 4.78 is 10.7. The first-order chi connectivity index (χ1) is 16.0. The Morgan fingerprint density at radius 1 is 1.24 bits per heavy atom. The smallest absolute Gasteiger partial charge is 0.311 e. The highest BCUT2D eigenvalue weighted by atomic mass is 16.5. The fourth-order valence-corrected chi connectivity index (χ4v) is 4.93. The minimum atomic E-state index is -0.711. The van der Waals surface area contributed by atoms with Crippen LogP contribution >= 0.6 is 0 Å². The minimum absolute atomic E-state index is 0.0809. The van der Waals surface area contributed by atoms with Gasteiger partial charge in [0, 0.05) is 35.5 Å². The fraction of sp³-hybridized carbons (Fsp3) is 0.577. The number of nitrogens with zero attached hydrogens (tertiary/aromatic N) is 1. The highest BCUT2D eigenvalue weighted by Gasteiger charge is 2.48. The van der Waals surface area contributed by atoms with E-state index >= 15 is 0 Å². The largest absolute Gasteiger partial charge is 0.497 e. The Kier molecular flexibility index (Phi) is 6.36. The van der Waals surface area contributed by atoms with Gasteiger partial charge in [-0.2, -0.15) is 0 Å². The van der Waals surface area contributed by atoms with Crippen LogP contribution < -0.4 is 10.1 Å². The second-order valence-corrected chi connectivity index (χ2v) is 10.8. The van der Waals surface area contributed by atoms with Crippen molar-refractivity contribution in [2.75, 3.05) is 13.7 Å². The van der Waals surface area contributed by atoms with Crippen molar-refractivity contribution in [3.63, 3.8) is 0 Å². The molecule has 2 amide bonds. The van der Waals surface area contributed by atoms with Gasteiger partial charge in [-0.3, -0.25) is 14.4 Å². The number of aromatic amines is 1. The summed E-state index contributed by atoms with van der Waals surface area (Å²) in [6.45, 7) is 9.67. The lowest BCUT2D eigenvalue weighted by Gasteiger charge is -2.46. The first-order valence-corrected chi connectivity index (χ1v) is 12.0. The lowest BCUT2D eigenvalue weighted by molar-refractivity contribution is -0.157. The third-order valence-electron chi connectivity index (χ3n) is 6.67. The normalized spacial score (nSPS) is 22.4. The van der Waals surface area contributed by atoms with Crippen LogP contribution in [0.5, 0.6) is 5.75 Å². The number of nitrogens with one attached hydrogen (secondary N) is 2. The monoisotopic (exact) mass is 469 g/mol. The second-order valence-electron chi connectivity index (χ2n) is 10.8. The Hall–Kier alpha value is -3.03. The highest BCUT2D eigenvalue weighted by Crippen LogP contribution is 2.42. The van der Waals surface area contributed by atoms with Crippen LogP contribution in [0.4, 0.5) is 0 Å². The second kappa shape index (κ2) is 8.96. The summed E-state index contributed by atoms with van der Waals surface area (Å²) in [7, 11) is 1.63. The Balaban J connectivity index is 1.64. The Morgan fingerprint density at radius 3 is 2.62 bits per heavy atom. The summed E-state index contributed by atoms with van der Waals surface area (Å²) in [6, 6.07) is 4.38. The molecule has 0 spiro atoms. The highest BCUT2D eigenvalue weighted by molar-refractivity contribution is 5.99. The van der Waals surface area contributed by atoms with Gasteiger partial charge in [-0.05, 0) is 50.8 Å². The quantitative estimate of drug-likeness (QED) is 0.631. The summed E-state index contributed by atoms with van der Waals surface area (Å²) in [5.41, 5.74) is 2.41. The summed E-state index contributed by atoms with van der Waals surface area (Å²) >= 11 is 0. The van der Waals surface area contributed by atoms with Crippen LogP contribution in [-0.4, -0.2) is 53.5 Å². The third kappa shape index (κ3) is 4.38. The van der Waals surface area contributed by atoms with Gasteiger partial charge in [-0.25, -0.2) is 0 Å². The van der Waals surface area contributed by atoms with Gasteiger partial charge < -0.3 is 24.7 Å². The van der Waals surface area contributed by atoms with Gasteiger partial charge in [0.2, 0.25) is 11.8 Å². The standard InChI is InChI=1S/C26H35N3O5/c1-14(2)11-20-22-17(16-8-7-15(33-6)12-19(16)27-22)13-21-23(30)28-18(24(31)29(20)21)9-10-34-25(32)26(3,4)5/h7-8,12,14,18,20-21,27H,9-11,13H2,1-6H3,(H,28,30)/t18-,20-,21-/m0/s1. The van der Waals surface area contributed by atoms with Crippen molar-refractivity contribution in [3.8, 4) is 5.75 Å². The molecular weight excluding hydrogens is 434 g/mol. The van der Waals surface area contributed by atoms with Crippen LogP contribution in [-0.2, 0) is 25.5 Å². The molecule has 0 unspecified atom stereocenters. The number of benzene rings is 1. The molecule has 1 fully saturated rings. The number of esters is 1. The van der Waals surface area contributed by atoms with Crippen molar-refractivity contribution >= 4 is 28.7 Å². The topological polar surface area (TPSA) is 101 Å². The zero-order valence-electron chi connectivity index (χ0n) is 20.9. The number of carbonyl (C=O) groups excluding carboxylic acids is 3. The number of aromatic nitrogens is 1. The van der Waals surface area contributed by atoms with Crippen LogP contribution in [0.1, 0.15) is 64.8 Å². The van der Waals surface area contributed by atoms with E-state index in [-0.39, 0.29) is 36.9 Å². The molecule has 3 atom stereocenters. The van der Waals surface area contributed by atoms with E-state index in [1.54, 1.807) is 32.8 Å². The molecule has 1 saturated heterocycles. The minimum Gasteiger partial charge on any atom is -0.497 e. The molecule has 1 aromatic carbocycles. The van der Waals surface area contributed by atoms with E-state index < -0.39 is 17.5 Å². The van der Waals surface area contributed by atoms with Crippen molar-refractivity contribution in [2.24, 2.45) is 11.3 Å². The molecule has 4 rings (SSSR count). The lowest BCUT2D eigenvalue weighted by atomic mass is 9.85. The van der Waals surface area contributed by atoms with Gasteiger partial charge >= 0.3 is 5.97 Å². The lowest BCUT2D eigenvalue weighted by Crippen LogP contribution is -2.66. The summed E-state index contributed by atoms with van der Waals surface area (Å²) in [6.07, 6.45) is 1.44. The molecule has 1 aromatic heterocycles. The molecule has 8 heteroatoms. The molecule has 3 heterocycles. The van der Waals surface area contributed by atoms with Gasteiger partial charge in [0.1, 0.15) is 17.8 Å². The van der Waals surface area contributed by atoms with Gasteiger partial charge in [0.15, 0.2) is 0 Å². The van der Waals surface area contributed by atoms with E-state index in [4.69, 9.17) is 9.47 Å². The Morgan fingerprint density at radius 2 is 1.97 bits per heavy atom. The van der Waals surface area contributed by atoms with Crippen molar-refractivity contribution in [3.05, 3.63) is 29.5 Å². The molecule has 0 radical (unpaired) electrons. The molecule has 2 aliphatic rings. The number of hydrogen-bond donors (Lipinski definition) is 2. The van der Waals surface area contributed by atoms with Gasteiger partial charge in [0.05, 0.1) is 25.2 Å². The predicted molar refractivity (Wildman–Crippen MR) is 128 cm³/mol. The van der Waals surface area contributed by atoms with Crippen LogP contribution in [0.25, 0.3) is 10.9 Å². The zero-order chi connectivity index (χ0) is 24.8. The number of methoxy groups -OCH3 is 1. The molecule has 0 saturated carbocycles. The first kappa shape index (κ1) is 24.1. The summed E-state index contributed by atoms with van der Waals surface area (Å²) in [4.78, 5) is 44.2. The number of carbonyl (C=O) groups is 3. The first-order valence-electron chi connectivity index (χ1n) is 12.0. The van der Waals surface area contributed by atoms with E-state index in [2.05, 4.69) is 24.1 Å². The van der Waals surface area contributed by atoms with Crippen molar-refractivity contribution in [1.29, 1.82) is 0 Å². The van der Waals surface area contributed by atoms with E-state index in [0.29, 0.717) is 12.3 Å². The van der Waals surface area contributed by atoms with Crippen molar-refractivity contribution < 1.29 is 23.9 Å². The molecule has 0 aliphatic carbocycles. The van der Waals surface area contributed by atoms with Gasteiger partial charge in [-0.1, -0.05) is 13.8 Å². The maximum Gasteiger partial charge on any atom is 0.311 e. The molecule has 8 nitrogen and oxygen atoms in total. The van der Waals surface area contributed by atoms with E-state index in [1.807, 2.05) is 18.2 Å². The van der Waals surface area contributed by atoms with E-state index in [1.165, 1.54) is 0 Å². The number of H-pyrrole nitrogens is 1. The molecular formula is C26H35N3O5. The number of rotatable bonds is 6. The van der Waals surface area contributed by atoms with Crippen LogP contribution in [0, 0.1) is 11.3 Å². The molecule has 2 aromatic rings. The average Bonchev–Trinajstić information content (AvgIpc) is 3.13. The van der Waals surface area contributed by atoms with E-state index in [0.717, 1.165) is 34.3 Å². The average molecular weight is 470 g/mol. The molecule has 34 heavy (non-hydrogen) atoms. The predicted octanol–water partition coefficient (Wildman–Crippen LogP) is 3.49. The maximum absolute atomic E-state index is 13.6. The molecule has 0 bridgehead atoms.